The molecular weight excluding hydrogens is 450 g/mol. The molecule has 3 aromatic rings. The van der Waals surface area contributed by atoms with Gasteiger partial charge in [0, 0.05) is 36.3 Å². The van der Waals surface area contributed by atoms with E-state index in [1.807, 2.05) is 49.4 Å². The molecule has 0 unspecified atom stereocenters. The molecule has 8 heteroatoms. The smallest absolute Gasteiger partial charge is 0.254 e. The lowest BCUT2D eigenvalue weighted by Gasteiger charge is -2.32. The van der Waals surface area contributed by atoms with Crippen LogP contribution in [-0.4, -0.2) is 55.6 Å². The quantitative estimate of drug-likeness (QED) is 0.576. The summed E-state index contributed by atoms with van der Waals surface area (Å²) in [5, 5.41) is 4.79. The molecule has 4 rings (SSSR count). The second-order valence-corrected chi connectivity index (χ2v) is 10.6. The molecule has 0 radical (unpaired) electrons. The normalized spacial score (nSPS) is 16.8. The second-order valence-electron chi connectivity index (χ2n) is 8.72. The monoisotopic (exact) mass is 479 g/mol. The first-order chi connectivity index (χ1) is 16.3. The van der Waals surface area contributed by atoms with Crippen molar-refractivity contribution < 1.29 is 18.0 Å². The summed E-state index contributed by atoms with van der Waals surface area (Å²) >= 11 is 0. The molecule has 0 spiro atoms. The van der Waals surface area contributed by atoms with Gasteiger partial charge in [-0.3, -0.25) is 9.59 Å². The summed E-state index contributed by atoms with van der Waals surface area (Å²) in [5.41, 5.74) is 0.902. The van der Waals surface area contributed by atoms with Crippen LogP contribution in [0.3, 0.4) is 0 Å². The van der Waals surface area contributed by atoms with Crippen LogP contribution in [0.25, 0.3) is 10.8 Å². The van der Waals surface area contributed by atoms with Crippen molar-refractivity contribution in [2.24, 2.45) is 0 Å². The van der Waals surface area contributed by atoms with Gasteiger partial charge in [0.15, 0.2) is 0 Å². The van der Waals surface area contributed by atoms with E-state index in [1.54, 1.807) is 12.1 Å². The highest BCUT2D eigenvalue weighted by Gasteiger charge is 2.31. The summed E-state index contributed by atoms with van der Waals surface area (Å²) in [4.78, 5) is 27.1. The zero-order valence-electron chi connectivity index (χ0n) is 19.4. The number of hydrogen-bond acceptors (Lipinski definition) is 4. The van der Waals surface area contributed by atoms with Crippen LogP contribution in [0.15, 0.2) is 71.6 Å². The minimum absolute atomic E-state index is 0.0708. The third kappa shape index (κ3) is 4.98. The number of anilines is 1. The number of carbonyl (C=O) groups excluding carboxylic acids is 2. The summed E-state index contributed by atoms with van der Waals surface area (Å²) in [5.74, 6) is -0.755. The number of rotatable bonds is 6. The third-order valence-electron chi connectivity index (χ3n) is 6.22. The Bertz CT molecular complexity index is 1320. The standard InChI is InChI=1S/C26H29N3O4S/c1-19-9-5-6-16-29(19)34(32,33)22-13-7-12-21(17-22)26(31)28(2)18-25(30)27-24-15-8-11-20-10-3-4-14-23(20)24/h3-4,7-8,10-15,17,19H,5-6,9,16,18H2,1-2H3,(H,27,30)/t19-/m1/s1. The Morgan fingerprint density at radius 3 is 2.56 bits per heavy atom. The van der Waals surface area contributed by atoms with Gasteiger partial charge in [-0.2, -0.15) is 4.31 Å². The van der Waals surface area contributed by atoms with Gasteiger partial charge in [-0.15, -0.1) is 0 Å². The number of carbonyl (C=O) groups is 2. The first-order valence-electron chi connectivity index (χ1n) is 11.4. The van der Waals surface area contributed by atoms with Gasteiger partial charge in [0.05, 0.1) is 11.4 Å². The van der Waals surface area contributed by atoms with E-state index in [0.29, 0.717) is 12.2 Å². The van der Waals surface area contributed by atoms with E-state index in [-0.39, 0.29) is 29.0 Å². The van der Waals surface area contributed by atoms with Gasteiger partial charge in [0.25, 0.3) is 5.91 Å². The lowest BCUT2D eigenvalue weighted by atomic mass is 10.1. The molecule has 0 bridgehead atoms. The average molecular weight is 480 g/mol. The van der Waals surface area contributed by atoms with Gasteiger partial charge < -0.3 is 10.2 Å². The Morgan fingerprint density at radius 1 is 1.03 bits per heavy atom. The molecule has 3 aromatic carbocycles. The van der Waals surface area contributed by atoms with Crippen LogP contribution >= 0.6 is 0 Å². The number of likely N-dealkylation sites (N-methyl/N-ethyl adjacent to an activating group) is 1. The Kier molecular flexibility index (Phi) is 7.00. The fraction of sp³-hybridized carbons (Fsp3) is 0.308. The van der Waals surface area contributed by atoms with Crippen molar-refractivity contribution in [3.05, 3.63) is 72.3 Å². The van der Waals surface area contributed by atoms with Gasteiger partial charge in [0.1, 0.15) is 0 Å². The first kappa shape index (κ1) is 23.9. The van der Waals surface area contributed by atoms with Crippen LogP contribution in [0.1, 0.15) is 36.5 Å². The molecule has 178 valence electrons. The van der Waals surface area contributed by atoms with Gasteiger partial charge in [-0.1, -0.05) is 48.9 Å². The molecule has 0 aromatic heterocycles. The predicted molar refractivity (Wildman–Crippen MR) is 133 cm³/mol. The summed E-state index contributed by atoms with van der Waals surface area (Å²) < 4.78 is 27.8. The van der Waals surface area contributed by atoms with Gasteiger partial charge in [0.2, 0.25) is 15.9 Å². The largest absolute Gasteiger partial charge is 0.332 e. The summed E-state index contributed by atoms with van der Waals surface area (Å²) in [6.45, 7) is 2.23. The number of hydrogen-bond donors (Lipinski definition) is 1. The van der Waals surface area contributed by atoms with E-state index >= 15 is 0 Å². The molecule has 0 aliphatic carbocycles. The molecule has 1 saturated heterocycles. The zero-order chi connectivity index (χ0) is 24.3. The number of fused-ring (bicyclic) bond motifs is 1. The second kappa shape index (κ2) is 9.95. The predicted octanol–water partition coefficient (Wildman–Crippen LogP) is 4.11. The van der Waals surface area contributed by atoms with Gasteiger partial charge in [-0.05, 0) is 49.4 Å². The Balaban J connectivity index is 1.47. The number of nitrogens with one attached hydrogen (secondary N) is 1. The van der Waals surface area contributed by atoms with E-state index in [1.165, 1.54) is 28.4 Å². The maximum absolute atomic E-state index is 13.2. The molecule has 34 heavy (non-hydrogen) atoms. The van der Waals surface area contributed by atoms with Crippen LogP contribution in [0, 0.1) is 0 Å². The van der Waals surface area contributed by atoms with Crippen molar-refractivity contribution in [3.63, 3.8) is 0 Å². The van der Waals surface area contributed by atoms with E-state index in [2.05, 4.69) is 5.32 Å². The Morgan fingerprint density at radius 2 is 1.76 bits per heavy atom. The SMILES string of the molecule is C[C@@H]1CCCCN1S(=O)(=O)c1cccc(C(=O)N(C)CC(=O)Nc2cccc3ccccc23)c1. The van der Waals surface area contributed by atoms with Crippen molar-refractivity contribution in [1.82, 2.24) is 9.21 Å². The van der Waals surface area contributed by atoms with Crippen LogP contribution in [0.4, 0.5) is 5.69 Å². The highest BCUT2D eigenvalue weighted by molar-refractivity contribution is 7.89. The molecule has 1 aliphatic rings. The highest BCUT2D eigenvalue weighted by atomic mass is 32.2. The Hall–Kier alpha value is -3.23. The van der Waals surface area contributed by atoms with Crippen LogP contribution < -0.4 is 5.32 Å². The van der Waals surface area contributed by atoms with E-state index in [9.17, 15) is 18.0 Å². The van der Waals surface area contributed by atoms with Gasteiger partial charge in [-0.25, -0.2) is 8.42 Å². The van der Waals surface area contributed by atoms with E-state index < -0.39 is 15.9 Å². The topological polar surface area (TPSA) is 86.8 Å². The molecule has 1 atom stereocenters. The molecule has 1 aliphatic heterocycles. The molecular formula is C26H29N3O4S. The summed E-state index contributed by atoms with van der Waals surface area (Å²) in [7, 11) is -2.17. The van der Waals surface area contributed by atoms with Crippen LogP contribution in [0.5, 0.6) is 0 Å². The van der Waals surface area contributed by atoms with E-state index in [4.69, 9.17) is 0 Å². The maximum atomic E-state index is 13.2. The summed E-state index contributed by atoms with van der Waals surface area (Å²) in [6, 6.07) is 19.4. The molecule has 1 fully saturated rings. The minimum Gasteiger partial charge on any atom is -0.332 e. The van der Waals surface area contributed by atoms with E-state index in [0.717, 1.165) is 30.0 Å². The fourth-order valence-corrected chi connectivity index (χ4v) is 6.13. The molecule has 2 amide bonds. The lowest BCUT2D eigenvalue weighted by Crippen LogP contribution is -2.42. The van der Waals surface area contributed by atoms with Crippen molar-refractivity contribution in [2.45, 2.75) is 37.1 Å². The highest BCUT2D eigenvalue weighted by Crippen LogP contribution is 2.26. The van der Waals surface area contributed by atoms with Gasteiger partial charge >= 0.3 is 0 Å². The average Bonchev–Trinajstić information content (AvgIpc) is 2.84. The number of nitrogens with zero attached hydrogens (tertiary/aromatic N) is 2. The van der Waals surface area contributed by atoms with Crippen molar-refractivity contribution in [3.8, 4) is 0 Å². The molecule has 1 N–H and O–H groups in total. The van der Waals surface area contributed by atoms with Crippen molar-refractivity contribution >= 4 is 38.3 Å². The summed E-state index contributed by atoms with van der Waals surface area (Å²) in [6.07, 6.45) is 2.67. The van der Waals surface area contributed by atoms with Crippen LogP contribution in [0.2, 0.25) is 0 Å². The number of benzene rings is 3. The molecule has 0 saturated carbocycles. The molecule has 1 heterocycles. The fourth-order valence-electron chi connectivity index (χ4n) is 4.39. The van der Waals surface area contributed by atoms with Crippen LogP contribution in [-0.2, 0) is 14.8 Å². The lowest BCUT2D eigenvalue weighted by molar-refractivity contribution is -0.116. The Labute approximate surface area is 200 Å². The first-order valence-corrected chi connectivity index (χ1v) is 12.9. The zero-order valence-corrected chi connectivity index (χ0v) is 20.2. The van der Waals surface area contributed by atoms with Crippen molar-refractivity contribution in [2.75, 3.05) is 25.5 Å². The minimum atomic E-state index is -3.69. The number of sulfonamides is 1. The third-order valence-corrected chi connectivity index (χ3v) is 8.23. The number of amides is 2. The van der Waals surface area contributed by atoms with Crippen molar-refractivity contribution in [1.29, 1.82) is 0 Å². The maximum Gasteiger partial charge on any atom is 0.254 e. The molecule has 7 nitrogen and oxygen atoms in total. The number of piperidine rings is 1.